The van der Waals surface area contributed by atoms with Crippen LogP contribution in [0.1, 0.15) is 76.0 Å². The number of hydrogen-bond acceptors (Lipinski definition) is 2. The van der Waals surface area contributed by atoms with Crippen LogP contribution in [0.4, 0.5) is 0 Å². The van der Waals surface area contributed by atoms with Gasteiger partial charge in [-0.2, -0.15) is 5.10 Å². The third-order valence-electron chi connectivity index (χ3n) is 3.79. The highest BCUT2D eigenvalue weighted by molar-refractivity contribution is 5.28. The molecule has 0 aliphatic rings. The van der Waals surface area contributed by atoms with E-state index in [1.165, 1.54) is 23.4 Å². The summed E-state index contributed by atoms with van der Waals surface area (Å²) in [5.74, 6) is 0. The van der Waals surface area contributed by atoms with Gasteiger partial charge in [0, 0.05) is 23.3 Å². The first kappa shape index (κ1) is 15.2. The van der Waals surface area contributed by atoms with Crippen LogP contribution in [-0.4, -0.2) is 16.3 Å². The highest BCUT2D eigenvalue weighted by atomic mass is 15.3. The smallest absolute Gasteiger partial charge is 0.0644 e. The summed E-state index contributed by atoms with van der Waals surface area (Å²) >= 11 is 0. The fourth-order valence-corrected chi connectivity index (χ4v) is 2.55. The van der Waals surface area contributed by atoms with Crippen molar-refractivity contribution in [3.63, 3.8) is 0 Å². The molecular formula is C15H29N3. The molecule has 0 saturated carbocycles. The summed E-state index contributed by atoms with van der Waals surface area (Å²) in [5.41, 5.74) is 3.92. The molecule has 1 aromatic heterocycles. The predicted molar refractivity (Wildman–Crippen MR) is 78.0 cm³/mol. The van der Waals surface area contributed by atoms with E-state index in [1.807, 2.05) is 0 Å². The fourth-order valence-electron chi connectivity index (χ4n) is 2.55. The molecule has 1 rings (SSSR count). The summed E-state index contributed by atoms with van der Waals surface area (Å²) in [6.45, 7) is 14.3. The van der Waals surface area contributed by atoms with E-state index in [1.54, 1.807) is 0 Å². The van der Waals surface area contributed by atoms with E-state index in [2.05, 4.69) is 51.5 Å². The number of aromatic nitrogens is 2. The normalized spacial score (nSPS) is 14.8. The summed E-state index contributed by atoms with van der Waals surface area (Å²) in [4.78, 5) is 0. The second-order valence-corrected chi connectivity index (χ2v) is 5.20. The molecule has 1 aromatic rings. The van der Waals surface area contributed by atoms with Gasteiger partial charge in [0.1, 0.15) is 0 Å². The van der Waals surface area contributed by atoms with Crippen molar-refractivity contribution in [3.05, 3.63) is 17.0 Å². The van der Waals surface area contributed by atoms with Gasteiger partial charge < -0.3 is 5.32 Å². The highest BCUT2D eigenvalue weighted by Crippen LogP contribution is 2.26. The van der Waals surface area contributed by atoms with Crippen LogP contribution in [0.3, 0.4) is 0 Å². The minimum Gasteiger partial charge on any atom is -0.310 e. The lowest BCUT2D eigenvalue weighted by molar-refractivity contribution is 0.461. The van der Waals surface area contributed by atoms with E-state index in [-0.39, 0.29) is 0 Å². The molecule has 1 heterocycles. The average Bonchev–Trinajstić information content (AvgIpc) is 2.66. The Kier molecular flexibility index (Phi) is 5.86. The van der Waals surface area contributed by atoms with Gasteiger partial charge in [0.05, 0.1) is 5.69 Å². The Morgan fingerprint density at radius 1 is 1.17 bits per heavy atom. The molecule has 0 aliphatic carbocycles. The maximum Gasteiger partial charge on any atom is 0.0644 e. The van der Waals surface area contributed by atoms with Gasteiger partial charge in [0.25, 0.3) is 0 Å². The first-order valence-corrected chi connectivity index (χ1v) is 7.35. The lowest BCUT2D eigenvalue weighted by Gasteiger charge is -2.18. The highest BCUT2D eigenvalue weighted by Gasteiger charge is 2.20. The molecule has 104 valence electrons. The molecular weight excluding hydrogens is 222 g/mol. The molecule has 0 spiro atoms. The third kappa shape index (κ3) is 3.14. The first-order valence-electron chi connectivity index (χ1n) is 7.35. The number of rotatable bonds is 7. The lowest BCUT2D eigenvalue weighted by atomic mass is 10.0. The quantitative estimate of drug-likeness (QED) is 0.796. The Labute approximate surface area is 112 Å². The van der Waals surface area contributed by atoms with Crippen molar-refractivity contribution >= 4 is 0 Å². The molecule has 0 bridgehead atoms. The van der Waals surface area contributed by atoms with Crippen LogP contribution in [0.2, 0.25) is 0 Å². The first-order chi connectivity index (χ1) is 8.56. The Morgan fingerprint density at radius 2 is 1.83 bits per heavy atom. The van der Waals surface area contributed by atoms with Gasteiger partial charge in [0.15, 0.2) is 0 Å². The van der Waals surface area contributed by atoms with E-state index in [0.717, 1.165) is 19.4 Å². The van der Waals surface area contributed by atoms with E-state index in [4.69, 9.17) is 5.10 Å². The minimum atomic E-state index is 0.447. The van der Waals surface area contributed by atoms with Crippen LogP contribution >= 0.6 is 0 Å². The maximum absolute atomic E-state index is 4.73. The van der Waals surface area contributed by atoms with E-state index < -0.39 is 0 Å². The van der Waals surface area contributed by atoms with Crippen molar-refractivity contribution in [2.24, 2.45) is 0 Å². The molecule has 2 atom stereocenters. The lowest BCUT2D eigenvalue weighted by Crippen LogP contribution is -2.22. The van der Waals surface area contributed by atoms with Crippen LogP contribution in [0, 0.1) is 13.8 Å². The van der Waals surface area contributed by atoms with Crippen LogP contribution in [0.15, 0.2) is 0 Å². The van der Waals surface area contributed by atoms with Crippen molar-refractivity contribution in [1.82, 2.24) is 15.1 Å². The topological polar surface area (TPSA) is 29.9 Å². The standard InChI is InChI=1S/C15H29N3/c1-7-10-16-14(9-3)15-12(5)17-18(13(15)6)11(4)8-2/h11,14,16H,7-10H2,1-6H3. The van der Waals surface area contributed by atoms with Gasteiger partial charge in [-0.1, -0.05) is 20.8 Å². The van der Waals surface area contributed by atoms with Gasteiger partial charge in [-0.05, 0) is 46.6 Å². The van der Waals surface area contributed by atoms with Gasteiger partial charge in [-0.3, -0.25) is 4.68 Å². The summed E-state index contributed by atoms with van der Waals surface area (Å²) < 4.78 is 2.20. The summed E-state index contributed by atoms with van der Waals surface area (Å²) in [6, 6.07) is 0.934. The van der Waals surface area contributed by atoms with Crippen LogP contribution in [0.5, 0.6) is 0 Å². The molecule has 0 aliphatic heterocycles. The molecule has 0 amide bonds. The molecule has 2 unspecified atom stereocenters. The summed E-state index contributed by atoms with van der Waals surface area (Å²) in [6.07, 6.45) is 3.42. The van der Waals surface area contributed by atoms with E-state index in [0.29, 0.717) is 12.1 Å². The number of hydrogen-bond donors (Lipinski definition) is 1. The summed E-state index contributed by atoms with van der Waals surface area (Å²) in [7, 11) is 0. The number of nitrogens with zero attached hydrogens (tertiary/aromatic N) is 2. The second-order valence-electron chi connectivity index (χ2n) is 5.20. The zero-order valence-electron chi connectivity index (χ0n) is 12.9. The second kappa shape index (κ2) is 6.93. The molecule has 0 saturated heterocycles. The average molecular weight is 251 g/mol. The zero-order chi connectivity index (χ0) is 13.7. The fraction of sp³-hybridized carbons (Fsp3) is 0.800. The Bertz CT molecular complexity index is 368. The van der Waals surface area contributed by atoms with Crippen molar-refractivity contribution in [1.29, 1.82) is 0 Å². The number of aryl methyl sites for hydroxylation is 1. The van der Waals surface area contributed by atoms with E-state index >= 15 is 0 Å². The molecule has 0 radical (unpaired) electrons. The third-order valence-corrected chi connectivity index (χ3v) is 3.79. The van der Waals surface area contributed by atoms with Crippen LogP contribution < -0.4 is 5.32 Å². The Morgan fingerprint density at radius 3 is 2.33 bits per heavy atom. The van der Waals surface area contributed by atoms with Crippen LogP contribution in [0.25, 0.3) is 0 Å². The molecule has 0 aromatic carbocycles. The summed E-state index contributed by atoms with van der Waals surface area (Å²) in [5, 5.41) is 8.37. The molecule has 0 fully saturated rings. The van der Waals surface area contributed by atoms with Crippen molar-refractivity contribution in [2.75, 3.05) is 6.54 Å². The molecule has 3 nitrogen and oxygen atoms in total. The van der Waals surface area contributed by atoms with Crippen LogP contribution in [-0.2, 0) is 0 Å². The van der Waals surface area contributed by atoms with Gasteiger partial charge >= 0.3 is 0 Å². The number of nitrogens with one attached hydrogen (secondary N) is 1. The van der Waals surface area contributed by atoms with Gasteiger partial charge in [-0.15, -0.1) is 0 Å². The molecule has 1 N–H and O–H groups in total. The molecule has 18 heavy (non-hydrogen) atoms. The Hall–Kier alpha value is -0.830. The zero-order valence-corrected chi connectivity index (χ0v) is 12.9. The van der Waals surface area contributed by atoms with Crippen molar-refractivity contribution in [2.45, 2.75) is 72.9 Å². The molecule has 3 heteroatoms. The predicted octanol–water partition coefficient (Wildman–Crippen LogP) is 3.92. The maximum atomic E-state index is 4.73. The SMILES string of the molecule is CCCNC(CC)c1c(C)nn(C(C)CC)c1C. The Balaban J connectivity index is 3.03. The van der Waals surface area contributed by atoms with Crippen molar-refractivity contribution < 1.29 is 0 Å². The minimum absolute atomic E-state index is 0.447. The van der Waals surface area contributed by atoms with E-state index in [9.17, 15) is 0 Å². The van der Waals surface area contributed by atoms with Gasteiger partial charge in [0.2, 0.25) is 0 Å². The monoisotopic (exact) mass is 251 g/mol. The van der Waals surface area contributed by atoms with Crippen molar-refractivity contribution in [3.8, 4) is 0 Å². The largest absolute Gasteiger partial charge is 0.310 e. The van der Waals surface area contributed by atoms with Gasteiger partial charge in [-0.25, -0.2) is 0 Å².